The molecule has 0 spiro atoms. The Morgan fingerprint density at radius 3 is 2.52 bits per heavy atom. The SMILES string of the molecule is Cc1cc(C(F)(F)F)cc(N2C(=O)C[C@@H]3CNc4c(C)cc(F)cc4N(C)C(=O)[C@H]32)n1. The van der Waals surface area contributed by atoms with E-state index in [1.165, 1.54) is 31.0 Å². The summed E-state index contributed by atoms with van der Waals surface area (Å²) in [6.07, 6.45) is -4.65. The summed E-state index contributed by atoms with van der Waals surface area (Å²) in [7, 11) is 1.45. The minimum atomic E-state index is -4.62. The van der Waals surface area contributed by atoms with Crippen LogP contribution in [0.15, 0.2) is 24.3 Å². The molecule has 0 radical (unpaired) electrons. The number of likely N-dealkylation sites (N-methyl/N-ethyl adjacent to an activating group) is 1. The molecule has 0 unspecified atom stereocenters. The second kappa shape index (κ2) is 7.21. The van der Waals surface area contributed by atoms with Crippen molar-refractivity contribution in [2.24, 2.45) is 5.92 Å². The van der Waals surface area contributed by atoms with E-state index in [-0.39, 0.29) is 24.5 Å². The maximum absolute atomic E-state index is 14.0. The zero-order chi connectivity index (χ0) is 22.7. The van der Waals surface area contributed by atoms with E-state index >= 15 is 0 Å². The molecule has 0 saturated carbocycles. The molecule has 10 heteroatoms. The largest absolute Gasteiger partial charge is 0.416 e. The molecule has 6 nitrogen and oxygen atoms in total. The van der Waals surface area contributed by atoms with Crippen molar-refractivity contribution >= 4 is 29.0 Å². The fraction of sp³-hybridized carbons (Fsp3) is 0.381. The Kier molecular flexibility index (Phi) is 4.90. The average Bonchev–Trinajstić information content (AvgIpc) is 2.99. The van der Waals surface area contributed by atoms with Crippen molar-refractivity contribution < 1.29 is 27.2 Å². The number of alkyl halides is 3. The number of hydrogen-bond donors (Lipinski definition) is 1. The molecule has 2 aromatic rings. The lowest BCUT2D eigenvalue weighted by molar-refractivity contribution is -0.137. The molecule has 2 aliphatic heterocycles. The monoisotopic (exact) mass is 436 g/mol. The highest BCUT2D eigenvalue weighted by Gasteiger charge is 2.48. The van der Waals surface area contributed by atoms with Gasteiger partial charge < -0.3 is 10.2 Å². The van der Waals surface area contributed by atoms with Gasteiger partial charge >= 0.3 is 6.18 Å². The normalized spacial score (nSPS) is 21.4. The maximum Gasteiger partial charge on any atom is 0.416 e. The fourth-order valence-corrected chi connectivity index (χ4v) is 4.27. The summed E-state index contributed by atoms with van der Waals surface area (Å²) >= 11 is 0. The van der Waals surface area contributed by atoms with Crippen molar-refractivity contribution in [1.82, 2.24) is 4.98 Å². The van der Waals surface area contributed by atoms with Crippen molar-refractivity contribution in [3.8, 4) is 0 Å². The van der Waals surface area contributed by atoms with Gasteiger partial charge in [0, 0.05) is 31.6 Å². The molecule has 2 amide bonds. The molecular formula is C21H20F4N4O2. The van der Waals surface area contributed by atoms with Gasteiger partial charge in [-0.05, 0) is 43.7 Å². The van der Waals surface area contributed by atoms with Crippen molar-refractivity contribution in [3.05, 3.63) is 46.9 Å². The topological polar surface area (TPSA) is 65.5 Å². The molecule has 1 fully saturated rings. The van der Waals surface area contributed by atoms with Crippen LogP contribution in [0, 0.1) is 25.6 Å². The van der Waals surface area contributed by atoms with Crippen LogP contribution in [0.3, 0.4) is 0 Å². The van der Waals surface area contributed by atoms with Gasteiger partial charge in [0.05, 0.1) is 16.9 Å². The highest BCUT2D eigenvalue weighted by Crippen LogP contribution is 2.39. The first-order valence-corrected chi connectivity index (χ1v) is 9.67. The number of nitrogens with zero attached hydrogens (tertiary/aromatic N) is 3. The van der Waals surface area contributed by atoms with Crippen molar-refractivity contribution in [2.45, 2.75) is 32.5 Å². The summed E-state index contributed by atoms with van der Waals surface area (Å²) < 4.78 is 54.0. The van der Waals surface area contributed by atoms with Gasteiger partial charge in [0.15, 0.2) is 0 Å². The van der Waals surface area contributed by atoms with Gasteiger partial charge in [-0.25, -0.2) is 9.37 Å². The van der Waals surface area contributed by atoms with Gasteiger partial charge in [-0.2, -0.15) is 13.2 Å². The summed E-state index contributed by atoms with van der Waals surface area (Å²) in [5, 5.41) is 3.18. The lowest BCUT2D eigenvalue weighted by Crippen LogP contribution is -2.51. The zero-order valence-corrected chi connectivity index (χ0v) is 17.0. The second-order valence-electron chi connectivity index (χ2n) is 7.92. The molecule has 1 aromatic carbocycles. The maximum atomic E-state index is 14.0. The Bertz CT molecular complexity index is 1090. The lowest BCUT2D eigenvalue weighted by Gasteiger charge is -2.34. The number of carbonyl (C=O) groups excluding carboxylic acids is 2. The van der Waals surface area contributed by atoms with Crippen LogP contribution >= 0.6 is 0 Å². The van der Waals surface area contributed by atoms with E-state index in [9.17, 15) is 27.2 Å². The lowest BCUT2D eigenvalue weighted by atomic mass is 9.96. The summed E-state index contributed by atoms with van der Waals surface area (Å²) in [4.78, 5) is 32.6. The average molecular weight is 436 g/mol. The highest BCUT2D eigenvalue weighted by atomic mass is 19.4. The van der Waals surface area contributed by atoms with E-state index in [1.807, 2.05) is 0 Å². The van der Waals surface area contributed by atoms with Gasteiger partial charge in [-0.1, -0.05) is 0 Å². The third-order valence-electron chi connectivity index (χ3n) is 5.71. The number of carbonyl (C=O) groups is 2. The molecule has 1 N–H and O–H groups in total. The molecule has 164 valence electrons. The van der Waals surface area contributed by atoms with Gasteiger partial charge in [0.2, 0.25) is 11.8 Å². The Hall–Kier alpha value is -3.17. The molecule has 1 saturated heterocycles. The predicted octanol–water partition coefficient (Wildman–Crippen LogP) is 3.67. The molecule has 2 atom stereocenters. The van der Waals surface area contributed by atoms with E-state index in [0.29, 0.717) is 16.9 Å². The molecule has 1 aromatic heterocycles. The van der Waals surface area contributed by atoms with Crippen molar-refractivity contribution in [3.63, 3.8) is 0 Å². The molecule has 3 heterocycles. The number of halogens is 4. The minimum Gasteiger partial charge on any atom is -0.383 e. The van der Waals surface area contributed by atoms with Crippen LogP contribution < -0.4 is 15.1 Å². The van der Waals surface area contributed by atoms with E-state index in [0.717, 1.165) is 17.0 Å². The Labute approximate surface area is 175 Å². The molecular weight excluding hydrogens is 416 g/mol. The summed E-state index contributed by atoms with van der Waals surface area (Å²) in [5.74, 6) is -2.23. The number of pyridine rings is 1. The van der Waals surface area contributed by atoms with Gasteiger partial charge in [-0.3, -0.25) is 14.5 Å². The van der Waals surface area contributed by atoms with E-state index in [1.54, 1.807) is 6.92 Å². The van der Waals surface area contributed by atoms with E-state index < -0.39 is 41.3 Å². The summed E-state index contributed by atoms with van der Waals surface area (Å²) in [6.45, 7) is 3.32. The number of rotatable bonds is 1. The number of aryl methyl sites for hydroxylation is 2. The number of hydrogen-bond acceptors (Lipinski definition) is 4. The molecule has 31 heavy (non-hydrogen) atoms. The van der Waals surface area contributed by atoms with Gasteiger partial charge in [0.25, 0.3) is 0 Å². The minimum absolute atomic E-state index is 0.0240. The number of nitrogens with one attached hydrogen (secondary N) is 1. The van der Waals surface area contributed by atoms with Gasteiger partial charge in [-0.15, -0.1) is 0 Å². The Morgan fingerprint density at radius 2 is 1.84 bits per heavy atom. The third kappa shape index (κ3) is 3.60. The van der Waals surface area contributed by atoms with Crippen molar-refractivity contribution in [2.75, 3.05) is 28.7 Å². The molecule has 0 bridgehead atoms. The van der Waals surface area contributed by atoms with Crippen LogP contribution in [0.25, 0.3) is 0 Å². The number of benzene rings is 1. The van der Waals surface area contributed by atoms with Crippen molar-refractivity contribution in [1.29, 1.82) is 0 Å². The standard InChI is InChI=1S/C21H20F4N4O2/c1-10-4-14(22)8-15-18(10)26-9-12-6-17(30)29(19(12)20(31)28(15)3)16-7-13(21(23,24)25)5-11(2)27-16/h4-5,7-8,12,19,26H,6,9H2,1-3H3/t12-,19+/m1/s1. The number of anilines is 3. The third-order valence-corrected chi connectivity index (χ3v) is 5.71. The quantitative estimate of drug-likeness (QED) is 0.693. The summed E-state index contributed by atoms with van der Waals surface area (Å²) in [6, 6.07) is 3.16. The fourth-order valence-electron chi connectivity index (χ4n) is 4.27. The first-order valence-electron chi connectivity index (χ1n) is 9.67. The van der Waals surface area contributed by atoms with E-state index in [4.69, 9.17) is 0 Å². The molecule has 4 rings (SSSR count). The van der Waals surface area contributed by atoms with Crippen LogP contribution in [0.4, 0.5) is 34.8 Å². The van der Waals surface area contributed by atoms with Crippen LogP contribution in [-0.4, -0.2) is 36.4 Å². The van der Waals surface area contributed by atoms with Crippen LogP contribution in [-0.2, 0) is 15.8 Å². The smallest absolute Gasteiger partial charge is 0.383 e. The number of fused-ring (bicyclic) bond motifs is 2. The summed E-state index contributed by atoms with van der Waals surface area (Å²) in [5.41, 5.74) is 0.612. The van der Waals surface area contributed by atoms with Crippen LogP contribution in [0.5, 0.6) is 0 Å². The predicted molar refractivity (Wildman–Crippen MR) is 106 cm³/mol. The first kappa shape index (κ1) is 21.1. The van der Waals surface area contributed by atoms with Crippen LogP contribution in [0.2, 0.25) is 0 Å². The van der Waals surface area contributed by atoms with Crippen LogP contribution in [0.1, 0.15) is 23.2 Å². The highest BCUT2D eigenvalue weighted by molar-refractivity contribution is 6.10. The number of amides is 2. The van der Waals surface area contributed by atoms with Gasteiger partial charge in [0.1, 0.15) is 17.7 Å². The molecule has 2 aliphatic rings. The Balaban J connectivity index is 1.80. The first-order chi connectivity index (χ1) is 14.5. The second-order valence-corrected chi connectivity index (χ2v) is 7.92. The Morgan fingerprint density at radius 1 is 1.13 bits per heavy atom. The molecule has 0 aliphatic carbocycles. The van der Waals surface area contributed by atoms with E-state index in [2.05, 4.69) is 10.3 Å². The number of aromatic nitrogens is 1. The zero-order valence-electron chi connectivity index (χ0n) is 17.0.